The maximum Gasteiger partial charge on any atom is 0.131 e. The molecule has 0 amide bonds. The summed E-state index contributed by atoms with van der Waals surface area (Å²) in [7, 11) is 0. The number of rotatable bonds is 2. The van der Waals surface area contributed by atoms with Crippen molar-refractivity contribution in [3.63, 3.8) is 0 Å². The van der Waals surface area contributed by atoms with Crippen LogP contribution in [0.4, 0.5) is 0 Å². The van der Waals surface area contributed by atoms with Crippen molar-refractivity contribution >= 4 is 11.3 Å². The van der Waals surface area contributed by atoms with Gasteiger partial charge in [-0.25, -0.2) is 4.98 Å². The third-order valence-corrected chi connectivity index (χ3v) is 2.95. The summed E-state index contributed by atoms with van der Waals surface area (Å²) in [5.41, 5.74) is 0.891. The van der Waals surface area contributed by atoms with Crippen LogP contribution in [-0.4, -0.2) is 10.1 Å². The van der Waals surface area contributed by atoms with Gasteiger partial charge in [0.25, 0.3) is 0 Å². The summed E-state index contributed by atoms with van der Waals surface area (Å²) < 4.78 is 0. The summed E-state index contributed by atoms with van der Waals surface area (Å²) in [5, 5.41) is 10.7. The van der Waals surface area contributed by atoms with Gasteiger partial charge in [-0.1, -0.05) is 30.3 Å². The monoisotopic (exact) mass is 205 g/mol. The van der Waals surface area contributed by atoms with E-state index in [9.17, 15) is 5.11 Å². The van der Waals surface area contributed by atoms with Crippen LogP contribution in [0.25, 0.3) is 0 Å². The number of thiazole rings is 1. The predicted molar refractivity (Wildman–Crippen MR) is 57.4 cm³/mol. The van der Waals surface area contributed by atoms with Gasteiger partial charge < -0.3 is 5.11 Å². The summed E-state index contributed by atoms with van der Waals surface area (Å²) in [5.74, 6) is 0. The molecule has 1 atom stereocenters. The highest BCUT2D eigenvalue weighted by atomic mass is 32.1. The molecule has 0 fully saturated rings. The summed E-state index contributed by atoms with van der Waals surface area (Å²) in [6.07, 6.45) is 1.20. The number of aliphatic hydroxyl groups is 1. The van der Waals surface area contributed by atoms with Crippen molar-refractivity contribution in [2.24, 2.45) is 0 Å². The largest absolute Gasteiger partial charge is 0.381 e. The van der Waals surface area contributed by atoms with Crippen molar-refractivity contribution in [3.05, 3.63) is 52.0 Å². The molecule has 72 valence electrons. The average molecular weight is 205 g/mol. The highest BCUT2D eigenvalue weighted by Gasteiger charge is 2.12. The molecule has 0 saturated heterocycles. The zero-order valence-electron chi connectivity index (χ0n) is 7.84. The van der Waals surface area contributed by atoms with Gasteiger partial charge in [0.2, 0.25) is 0 Å². The first-order valence-electron chi connectivity index (χ1n) is 4.42. The van der Waals surface area contributed by atoms with Crippen LogP contribution in [0.3, 0.4) is 0 Å². The number of benzene rings is 1. The van der Waals surface area contributed by atoms with E-state index in [2.05, 4.69) is 4.98 Å². The first-order chi connectivity index (χ1) is 6.77. The van der Waals surface area contributed by atoms with E-state index in [1.54, 1.807) is 6.20 Å². The maximum absolute atomic E-state index is 9.95. The molecule has 0 aliphatic heterocycles. The van der Waals surface area contributed by atoms with E-state index >= 15 is 0 Å². The minimum absolute atomic E-state index is 0.588. The normalized spacial score (nSPS) is 12.7. The Morgan fingerprint density at radius 3 is 2.57 bits per heavy atom. The molecule has 2 aromatic rings. The van der Waals surface area contributed by atoms with Gasteiger partial charge in [0, 0.05) is 11.1 Å². The zero-order chi connectivity index (χ0) is 9.97. The van der Waals surface area contributed by atoms with E-state index in [0.29, 0.717) is 0 Å². The van der Waals surface area contributed by atoms with Crippen LogP contribution in [0.2, 0.25) is 0 Å². The number of aromatic nitrogens is 1. The van der Waals surface area contributed by atoms with E-state index in [0.717, 1.165) is 15.4 Å². The van der Waals surface area contributed by atoms with Crippen LogP contribution in [-0.2, 0) is 0 Å². The Kier molecular flexibility index (Phi) is 2.61. The number of aliphatic hydroxyl groups excluding tert-OH is 1. The van der Waals surface area contributed by atoms with Crippen molar-refractivity contribution in [3.8, 4) is 0 Å². The highest BCUT2D eigenvalue weighted by molar-refractivity contribution is 7.11. The first kappa shape index (κ1) is 9.37. The minimum Gasteiger partial charge on any atom is -0.381 e. The molecule has 1 aromatic heterocycles. The third kappa shape index (κ3) is 1.84. The minimum atomic E-state index is -0.588. The van der Waals surface area contributed by atoms with Gasteiger partial charge in [-0.2, -0.15) is 0 Å². The number of nitrogens with zero attached hydrogens (tertiary/aromatic N) is 1. The fourth-order valence-corrected chi connectivity index (χ4v) is 2.06. The van der Waals surface area contributed by atoms with Crippen LogP contribution in [0.1, 0.15) is 21.6 Å². The molecule has 1 heterocycles. The lowest BCUT2D eigenvalue weighted by Crippen LogP contribution is -1.97. The smallest absolute Gasteiger partial charge is 0.131 e. The van der Waals surface area contributed by atoms with Crippen molar-refractivity contribution < 1.29 is 5.11 Å². The van der Waals surface area contributed by atoms with Gasteiger partial charge in [-0.15, -0.1) is 11.3 Å². The van der Waals surface area contributed by atoms with Crippen LogP contribution in [0.15, 0.2) is 36.5 Å². The molecular weight excluding hydrogens is 194 g/mol. The summed E-state index contributed by atoms with van der Waals surface area (Å²) >= 11 is 1.53. The van der Waals surface area contributed by atoms with E-state index in [-0.39, 0.29) is 0 Å². The number of aryl methyl sites for hydroxylation is 1. The van der Waals surface area contributed by atoms with Crippen LogP contribution >= 0.6 is 11.3 Å². The third-order valence-electron chi connectivity index (χ3n) is 1.99. The number of hydrogen-bond donors (Lipinski definition) is 1. The quantitative estimate of drug-likeness (QED) is 0.817. The van der Waals surface area contributed by atoms with Gasteiger partial charge in [-0.05, 0) is 12.5 Å². The van der Waals surface area contributed by atoms with E-state index in [4.69, 9.17) is 0 Å². The molecule has 0 spiro atoms. The fraction of sp³-hybridized carbons (Fsp3) is 0.182. The van der Waals surface area contributed by atoms with Crippen molar-refractivity contribution in [1.82, 2.24) is 4.98 Å². The number of hydrogen-bond acceptors (Lipinski definition) is 3. The Labute approximate surface area is 86.9 Å². The molecule has 3 heteroatoms. The maximum atomic E-state index is 9.95. The molecule has 0 bridgehead atoms. The van der Waals surface area contributed by atoms with E-state index in [1.807, 2.05) is 37.3 Å². The Hall–Kier alpha value is -1.19. The Morgan fingerprint density at radius 1 is 1.29 bits per heavy atom. The molecule has 0 saturated carbocycles. The van der Waals surface area contributed by atoms with Crippen LogP contribution in [0, 0.1) is 6.92 Å². The lowest BCUT2D eigenvalue weighted by molar-refractivity contribution is 0.220. The Bertz CT molecular complexity index is 410. The van der Waals surface area contributed by atoms with E-state index < -0.39 is 6.10 Å². The second kappa shape index (κ2) is 3.90. The van der Waals surface area contributed by atoms with Gasteiger partial charge in [-0.3, -0.25) is 0 Å². The molecule has 2 nitrogen and oxygen atoms in total. The zero-order valence-corrected chi connectivity index (χ0v) is 8.66. The summed E-state index contributed by atoms with van der Waals surface area (Å²) in [6, 6.07) is 9.57. The molecule has 14 heavy (non-hydrogen) atoms. The summed E-state index contributed by atoms with van der Waals surface area (Å²) in [6.45, 7) is 1.98. The topological polar surface area (TPSA) is 33.1 Å². The van der Waals surface area contributed by atoms with Crippen molar-refractivity contribution in [1.29, 1.82) is 0 Å². The van der Waals surface area contributed by atoms with Gasteiger partial charge in [0.1, 0.15) is 11.1 Å². The van der Waals surface area contributed by atoms with Crippen LogP contribution < -0.4 is 0 Å². The van der Waals surface area contributed by atoms with Gasteiger partial charge >= 0.3 is 0 Å². The molecule has 0 aliphatic carbocycles. The Balaban J connectivity index is 2.29. The molecule has 0 aliphatic rings. The second-order valence-corrected chi connectivity index (χ2v) is 4.39. The van der Waals surface area contributed by atoms with Gasteiger partial charge in [0.15, 0.2) is 0 Å². The first-order valence-corrected chi connectivity index (χ1v) is 5.24. The summed E-state index contributed by atoms with van der Waals surface area (Å²) in [4.78, 5) is 5.28. The fourth-order valence-electron chi connectivity index (χ4n) is 1.28. The predicted octanol–water partition coefficient (Wildman–Crippen LogP) is 2.53. The highest BCUT2D eigenvalue weighted by Crippen LogP contribution is 2.25. The molecular formula is C11H11NOS. The van der Waals surface area contributed by atoms with Crippen molar-refractivity contribution in [2.75, 3.05) is 0 Å². The molecule has 1 N–H and O–H groups in total. The Morgan fingerprint density at radius 2 is 2.00 bits per heavy atom. The van der Waals surface area contributed by atoms with Crippen LogP contribution in [0.5, 0.6) is 0 Å². The molecule has 2 rings (SSSR count). The molecule has 1 aromatic carbocycles. The van der Waals surface area contributed by atoms with Crippen molar-refractivity contribution in [2.45, 2.75) is 13.0 Å². The lowest BCUT2D eigenvalue weighted by atomic mass is 10.1. The van der Waals surface area contributed by atoms with E-state index in [1.165, 1.54) is 11.3 Å². The van der Waals surface area contributed by atoms with Gasteiger partial charge in [0.05, 0.1) is 0 Å². The average Bonchev–Trinajstić information content (AvgIpc) is 2.65. The molecule has 1 unspecified atom stereocenters. The lowest BCUT2D eigenvalue weighted by Gasteiger charge is -2.06. The standard InChI is InChI=1S/C11H11NOS/c1-8-7-12-11(14-8)10(13)9-5-3-2-4-6-9/h2-7,10,13H,1H3. The SMILES string of the molecule is Cc1cnc(C(O)c2ccccc2)s1. The second-order valence-electron chi connectivity index (χ2n) is 3.12. The molecule has 0 radical (unpaired) electrons.